The summed E-state index contributed by atoms with van der Waals surface area (Å²) in [6.45, 7) is 6.91. The Labute approximate surface area is 88.1 Å². The molecule has 0 spiro atoms. The summed E-state index contributed by atoms with van der Waals surface area (Å²) in [6.07, 6.45) is 0. The normalized spacial score (nSPS) is 9.64. The molecule has 3 heteroatoms. The summed E-state index contributed by atoms with van der Waals surface area (Å²) in [5, 5.41) is 0.430. The Morgan fingerprint density at radius 3 is 2.64 bits per heavy atom. The second-order valence-electron chi connectivity index (χ2n) is 3.06. The molecule has 1 rings (SSSR count). The van der Waals surface area contributed by atoms with Gasteiger partial charge in [0.1, 0.15) is 0 Å². The van der Waals surface area contributed by atoms with E-state index in [1.807, 2.05) is 13.0 Å². The van der Waals surface area contributed by atoms with Crippen molar-refractivity contribution in [2.75, 3.05) is 0 Å². The van der Waals surface area contributed by atoms with Gasteiger partial charge in [0.05, 0.1) is 5.02 Å². The van der Waals surface area contributed by atoms with Crippen molar-refractivity contribution in [3.8, 4) is 5.75 Å². The number of hydrogen-bond donors (Lipinski definition) is 0. The summed E-state index contributed by atoms with van der Waals surface area (Å²) < 4.78 is 5.07. The van der Waals surface area contributed by atoms with E-state index >= 15 is 0 Å². The molecule has 0 aliphatic heterocycles. The summed E-state index contributed by atoms with van der Waals surface area (Å²) >= 11 is 5.87. The van der Waals surface area contributed by atoms with Gasteiger partial charge in [-0.25, -0.2) is 4.79 Å². The molecular weight excluding hydrogens is 200 g/mol. The topological polar surface area (TPSA) is 26.3 Å². The van der Waals surface area contributed by atoms with Gasteiger partial charge >= 0.3 is 5.97 Å². The predicted molar refractivity (Wildman–Crippen MR) is 56.6 cm³/mol. The molecule has 0 heterocycles. The molecular formula is C11H11ClO2. The van der Waals surface area contributed by atoms with E-state index in [-0.39, 0.29) is 0 Å². The lowest BCUT2D eigenvalue weighted by molar-refractivity contribution is -0.130. The fourth-order valence-corrected chi connectivity index (χ4v) is 1.19. The van der Waals surface area contributed by atoms with Crippen molar-refractivity contribution in [3.05, 3.63) is 40.9 Å². The van der Waals surface area contributed by atoms with Gasteiger partial charge in [-0.1, -0.05) is 30.3 Å². The Kier molecular flexibility index (Phi) is 3.31. The molecule has 0 saturated heterocycles. The maximum absolute atomic E-state index is 11.2. The number of rotatable bonds is 2. The molecule has 1 aromatic carbocycles. The summed E-state index contributed by atoms with van der Waals surface area (Å²) in [5.74, 6) is -0.0524. The van der Waals surface area contributed by atoms with Crippen LogP contribution < -0.4 is 4.74 Å². The minimum atomic E-state index is -0.457. The third-order valence-corrected chi connectivity index (χ3v) is 2.00. The minimum absolute atomic E-state index is 0.351. The van der Waals surface area contributed by atoms with Crippen LogP contribution >= 0.6 is 11.6 Å². The third-order valence-electron chi connectivity index (χ3n) is 1.71. The van der Waals surface area contributed by atoms with Crippen LogP contribution in [0.2, 0.25) is 5.02 Å². The molecule has 0 unspecified atom stereocenters. The number of ether oxygens (including phenoxy) is 1. The predicted octanol–water partition coefficient (Wildman–Crippen LogP) is 3.13. The number of para-hydroxylation sites is 1. The highest BCUT2D eigenvalue weighted by atomic mass is 35.5. The van der Waals surface area contributed by atoms with Gasteiger partial charge < -0.3 is 4.74 Å². The van der Waals surface area contributed by atoms with Crippen molar-refractivity contribution in [2.45, 2.75) is 13.8 Å². The number of carbonyl (C=O) groups is 1. The average Bonchev–Trinajstić information content (AvgIpc) is 2.11. The lowest BCUT2D eigenvalue weighted by Crippen LogP contribution is -2.09. The Morgan fingerprint density at radius 2 is 2.14 bits per heavy atom. The van der Waals surface area contributed by atoms with Crippen LogP contribution in [0, 0.1) is 6.92 Å². The summed E-state index contributed by atoms with van der Waals surface area (Å²) in [4.78, 5) is 11.2. The van der Waals surface area contributed by atoms with Crippen LogP contribution in [0.4, 0.5) is 0 Å². The standard InChI is InChI=1S/C11H11ClO2/c1-7(2)11(13)14-10-8(3)5-4-6-9(10)12/h4-6H,1H2,2-3H3. The van der Waals surface area contributed by atoms with Gasteiger partial charge in [0.2, 0.25) is 0 Å². The monoisotopic (exact) mass is 210 g/mol. The van der Waals surface area contributed by atoms with E-state index in [0.717, 1.165) is 5.56 Å². The molecule has 0 atom stereocenters. The van der Waals surface area contributed by atoms with E-state index in [4.69, 9.17) is 16.3 Å². The SMILES string of the molecule is C=C(C)C(=O)Oc1c(C)cccc1Cl. The fraction of sp³-hybridized carbons (Fsp3) is 0.182. The first kappa shape index (κ1) is 10.8. The van der Waals surface area contributed by atoms with Gasteiger partial charge in [0, 0.05) is 5.57 Å². The first-order chi connectivity index (χ1) is 6.52. The van der Waals surface area contributed by atoms with Crippen molar-refractivity contribution in [3.63, 3.8) is 0 Å². The number of benzene rings is 1. The molecule has 74 valence electrons. The van der Waals surface area contributed by atoms with Crippen LogP contribution in [0.25, 0.3) is 0 Å². The Bertz CT molecular complexity index is 363. The second kappa shape index (κ2) is 4.29. The van der Waals surface area contributed by atoms with E-state index in [1.54, 1.807) is 19.1 Å². The quantitative estimate of drug-likeness (QED) is 0.426. The van der Waals surface area contributed by atoms with E-state index in [1.165, 1.54) is 0 Å². The first-order valence-corrected chi connectivity index (χ1v) is 4.53. The van der Waals surface area contributed by atoms with Gasteiger partial charge in [-0.05, 0) is 25.5 Å². The van der Waals surface area contributed by atoms with E-state index in [2.05, 4.69) is 6.58 Å². The molecule has 14 heavy (non-hydrogen) atoms. The first-order valence-electron chi connectivity index (χ1n) is 4.15. The van der Waals surface area contributed by atoms with Crippen molar-refractivity contribution in [1.29, 1.82) is 0 Å². The van der Waals surface area contributed by atoms with Gasteiger partial charge in [-0.3, -0.25) is 0 Å². The number of halogens is 1. The van der Waals surface area contributed by atoms with Gasteiger partial charge in [-0.15, -0.1) is 0 Å². The van der Waals surface area contributed by atoms with E-state index < -0.39 is 5.97 Å². The fourth-order valence-electron chi connectivity index (χ4n) is 0.926. The summed E-state index contributed by atoms with van der Waals surface area (Å²) in [6, 6.07) is 5.30. The molecule has 0 aliphatic rings. The average molecular weight is 211 g/mol. The number of carbonyl (C=O) groups excluding carboxylic acids is 1. The maximum Gasteiger partial charge on any atom is 0.338 e. The number of hydrogen-bond acceptors (Lipinski definition) is 2. The maximum atomic E-state index is 11.2. The highest BCUT2D eigenvalue weighted by Crippen LogP contribution is 2.28. The molecule has 0 aliphatic carbocycles. The molecule has 0 fully saturated rings. The molecule has 0 saturated carbocycles. The summed E-state index contributed by atoms with van der Waals surface area (Å²) in [7, 11) is 0. The highest BCUT2D eigenvalue weighted by Gasteiger charge is 2.10. The molecule has 0 radical (unpaired) electrons. The lowest BCUT2D eigenvalue weighted by atomic mass is 10.2. The van der Waals surface area contributed by atoms with Gasteiger partial charge in [-0.2, -0.15) is 0 Å². The second-order valence-corrected chi connectivity index (χ2v) is 3.46. The van der Waals surface area contributed by atoms with Crippen molar-refractivity contribution in [1.82, 2.24) is 0 Å². The van der Waals surface area contributed by atoms with Crippen molar-refractivity contribution in [2.24, 2.45) is 0 Å². The van der Waals surface area contributed by atoms with Crippen LogP contribution in [0.5, 0.6) is 5.75 Å². The van der Waals surface area contributed by atoms with Crippen molar-refractivity contribution < 1.29 is 9.53 Å². The Balaban J connectivity index is 2.97. The van der Waals surface area contributed by atoms with Gasteiger partial charge in [0.25, 0.3) is 0 Å². The highest BCUT2D eigenvalue weighted by molar-refractivity contribution is 6.32. The molecule has 2 nitrogen and oxygen atoms in total. The van der Waals surface area contributed by atoms with Crippen LogP contribution in [0.15, 0.2) is 30.4 Å². The molecule has 1 aromatic rings. The molecule has 0 aromatic heterocycles. The Morgan fingerprint density at radius 1 is 1.50 bits per heavy atom. The van der Waals surface area contributed by atoms with Crippen LogP contribution in [0.1, 0.15) is 12.5 Å². The van der Waals surface area contributed by atoms with E-state index in [9.17, 15) is 4.79 Å². The zero-order valence-corrected chi connectivity index (χ0v) is 8.89. The third kappa shape index (κ3) is 2.36. The number of aryl methyl sites for hydroxylation is 1. The summed E-state index contributed by atoms with van der Waals surface area (Å²) in [5.41, 5.74) is 1.18. The minimum Gasteiger partial charge on any atom is -0.421 e. The van der Waals surface area contributed by atoms with Crippen LogP contribution in [-0.2, 0) is 4.79 Å². The van der Waals surface area contributed by atoms with Crippen LogP contribution in [-0.4, -0.2) is 5.97 Å². The number of esters is 1. The van der Waals surface area contributed by atoms with Crippen LogP contribution in [0.3, 0.4) is 0 Å². The molecule has 0 amide bonds. The van der Waals surface area contributed by atoms with E-state index in [0.29, 0.717) is 16.3 Å². The zero-order valence-electron chi connectivity index (χ0n) is 8.13. The smallest absolute Gasteiger partial charge is 0.338 e. The molecule has 0 N–H and O–H groups in total. The largest absolute Gasteiger partial charge is 0.421 e. The van der Waals surface area contributed by atoms with Crippen molar-refractivity contribution >= 4 is 17.6 Å². The lowest BCUT2D eigenvalue weighted by Gasteiger charge is -2.08. The molecule has 0 bridgehead atoms. The Hall–Kier alpha value is -1.28. The van der Waals surface area contributed by atoms with Gasteiger partial charge in [0.15, 0.2) is 5.75 Å². The zero-order chi connectivity index (χ0) is 10.7.